The number of nitrogens with zero attached hydrogens (tertiary/aromatic N) is 1. The van der Waals surface area contributed by atoms with Gasteiger partial charge in [0.2, 0.25) is 0 Å². The van der Waals surface area contributed by atoms with Crippen molar-refractivity contribution in [3.63, 3.8) is 0 Å². The summed E-state index contributed by atoms with van der Waals surface area (Å²) in [6.45, 7) is 1.71. The molecule has 0 N–H and O–H groups in total. The largest absolute Gasteiger partial charge is 0.493 e. The number of esters is 1. The number of methoxy groups -OCH3 is 1. The molecule has 6 heteroatoms. The van der Waals surface area contributed by atoms with E-state index in [2.05, 4.69) is 22.0 Å². The fourth-order valence-corrected chi connectivity index (χ4v) is 3.44. The minimum absolute atomic E-state index is 0.251. The van der Waals surface area contributed by atoms with E-state index >= 15 is 0 Å². The van der Waals surface area contributed by atoms with Gasteiger partial charge in [-0.2, -0.15) is 5.26 Å². The van der Waals surface area contributed by atoms with Gasteiger partial charge in [-0.1, -0.05) is 42.5 Å². The lowest BCUT2D eigenvalue weighted by atomic mass is 10.0. The van der Waals surface area contributed by atoms with Gasteiger partial charge in [0.25, 0.3) is 0 Å². The first kappa shape index (κ1) is 22.1. The summed E-state index contributed by atoms with van der Waals surface area (Å²) >= 11 is 3.41. The van der Waals surface area contributed by atoms with Crippen LogP contribution in [0.3, 0.4) is 0 Å². The van der Waals surface area contributed by atoms with Crippen molar-refractivity contribution in [2.45, 2.75) is 6.92 Å². The van der Waals surface area contributed by atoms with Crippen molar-refractivity contribution in [3.8, 4) is 23.3 Å². The van der Waals surface area contributed by atoms with Crippen molar-refractivity contribution < 1.29 is 19.0 Å². The molecule has 0 amide bonds. The molecule has 3 rings (SSSR count). The lowest BCUT2D eigenvalue weighted by Gasteiger charge is -2.11. The van der Waals surface area contributed by atoms with Gasteiger partial charge in [0.15, 0.2) is 18.1 Å². The predicted molar refractivity (Wildman–Crippen MR) is 123 cm³/mol. The highest BCUT2D eigenvalue weighted by Gasteiger charge is 2.13. The summed E-state index contributed by atoms with van der Waals surface area (Å²) in [5.74, 6) is 0.648. The molecule has 0 unspecified atom stereocenters. The van der Waals surface area contributed by atoms with Crippen molar-refractivity contribution >= 4 is 33.5 Å². The van der Waals surface area contributed by atoms with Gasteiger partial charge in [-0.25, -0.2) is 4.79 Å². The number of nitriles is 1. The summed E-state index contributed by atoms with van der Waals surface area (Å²) < 4.78 is 17.1. The van der Waals surface area contributed by atoms with Crippen LogP contribution in [0.4, 0.5) is 0 Å². The van der Waals surface area contributed by atoms with E-state index < -0.39 is 5.97 Å². The van der Waals surface area contributed by atoms with Gasteiger partial charge in [-0.05, 0) is 69.9 Å². The highest BCUT2D eigenvalue weighted by atomic mass is 79.9. The fraction of sp³-hybridized carbons (Fsp3) is 0.120. The highest BCUT2D eigenvalue weighted by molar-refractivity contribution is 9.10. The molecule has 0 bridgehead atoms. The Labute approximate surface area is 189 Å². The van der Waals surface area contributed by atoms with Crippen LogP contribution in [0, 0.1) is 18.3 Å². The predicted octanol–water partition coefficient (Wildman–Crippen LogP) is 5.81. The molecule has 0 heterocycles. The van der Waals surface area contributed by atoms with Crippen molar-refractivity contribution in [3.05, 3.63) is 87.9 Å². The number of carbonyl (C=O) groups excluding carboxylic acids is 1. The molecule has 0 saturated heterocycles. The van der Waals surface area contributed by atoms with E-state index in [1.54, 1.807) is 30.3 Å². The summed E-state index contributed by atoms with van der Waals surface area (Å²) in [7, 11) is 1.49. The van der Waals surface area contributed by atoms with Crippen LogP contribution in [0.1, 0.15) is 16.7 Å². The van der Waals surface area contributed by atoms with E-state index in [9.17, 15) is 10.1 Å². The van der Waals surface area contributed by atoms with E-state index in [-0.39, 0.29) is 12.4 Å². The average Bonchev–Trinajstić information content (AvgIpc) is 2.78. The van der Waals surface area contributed by atoms with Gasteiger partial charge in [0, 0.05) is 0 Å². The number of carbonyl (C=O) groups is 1. The van der Waals surface area contributed by atoms with Crippen molar-refractivity contribution in [1.82, 2.24) is 0 Å². The molecule has 0 spiro atoms. The van der Waals surface area contributed by atoms with Crippen LogP contribution in [0.25, 0.3) is 11.6 Å². The van der Waals surface area contributed by atoms with Crippen LogP contribution in [0.15, 0.2) is 71.2 Å². The van der Waals surface area contributed by atoms with Crippen LogP contribution >= 0.6 is 15.9 Å². The van der Waals surface area contributed by atoms with Crippen LogP contribution in [-0.4, -0.2) is 19.7 Å². The Morgan fingerprint density at radius 2 is 1.77 bits per heavy atom. The Balaban J connectivity index is 1.71. The molecule has 0 saturated carbocycles. The fourth-order valence-electron chi connectivity index (χ4n) is 2.83. The molecule has 0 aliphatic rings. The van der Waals surface area contributed by atoms with Crippen molar-refractivity contribution in [1.29, 1.82) is 5.26 Å². The summed E-state index contributed by atoms with van der Waals surface area (Å²) in [5.41, 5.74) is 3.16. The molecule has 0 atom stereocenters. The standard InChI is InChI=1S/C25H20BrNO4/c1-17-8-10-22(21(26)12-17)30-16-25(28)31-23-11-9-18(14-24(23)29-2)13-20(15-27)19-6-4-3-5-7-19/h3-14H,16H2,1-2H3/b20-13+. The third kappa shape index (κ3) is 5.97. The Kier molecular flexibility index (Phi) is 7.47. The third-order valence-electron chi connectivity index (χ3n) is 4.36. The van der Waals surface area contributed by atoms with Gasteiger partial charge in [-0.3, -0.25) is 0 Å². The van der Waals surface area contributed by atoms with Crippen LogP contribution < -0.4 is 14.2 Å². The second-order valence-corrected chi connectivity index (χ2v) is 7.50. The lowest BCUT2D eigenvalue weighted by molar-refractivity contribution is -0.136. The monoisotopic (exact) mass is 477 g/mol. The van der Waals surface area contributed by atoms with Gasteiger partial charge in [-0.15, -0.1) is 0 Å². The normalized spacial score (nSPS) is 10.8. The molecule has 0 aliphatic heterocycles. The Morgan fingerprint density at radius 1 is 1.03 bits per heavy atom. The first-order valence-corrected chi connectivity index (χ1v) is 10.2. The highest BCUT2D eigenvalue weighted by Crippen LogP contribution is 2.30. The summed E-state index contributed by atoms with van der Waals surface area (Å²) in [6.07, 6.45) is 1.75. The molecular weight excluding hydrogens is 458 g/mol. The van der Waals surface area contributed by atoms with Crippen LogP contribution in [0.5, 0.6) is 17.2 Å². The maximum Gasteiger partial charge on any atom is 0.349 e. The van der Waals surface area contributed by atoms with Gasteiger partial charge in [0.1, 0.15) is 5.75 Å². The van der Waals surface area contributed by atoms with Crippen LogP contribution in [-0.2, 0) is 4.79 Å². The number of hydrogen-bond acceptors (Lipinski definition) is 5. The van der Waals surface area contributed by atoms with Gasteiger partial charge < -0.3 is 14.2 Å². The zero-order chi connectivity index (χ0) is 22.2. The molecule has 156 valence electrons. The molecule has 0 radical (unpaired) electrons. The van der Waals surface area contributed by atoms with Crippen molar-refractivity contribution in [2.75, 3.05) is 13.7 Å². The number of halogens is 1. The zero-order valence-electron chi connectivity index (χ0n) is 17.1. The minimum atomic E-state index is -0.559. The van der Waals surface area contributed by atoms with E-state index in [4.69, 9.17) is 14.2 Å². The average molecular weight is 478 g/mol. The first-order chi connectivity index (χ1) is 15.0. The number of rotatable bonds is 7. The number of allylic oxidation sites excluding steroid dienone is 1. The van der Waals surface area contributed by atoms with Gasteiger partial charge >= 0.3 is 5.97 Å². The summed E-state index contributed by atoms with van der Waals surface area (Å²) in [5, 5.41) is 9.49. The first-order valence-electron chi connectivity index (χ1n) is 9.45. The van der Waals surface area contributed by atoms with Crippen LogP contribution in [0.2, 0.25) is 0 Å². The third-order valence-corrected chi connectivity index (χ3v) is 4.98. The summed E-state index contributed by atoms with van der Waals surface area (Å²) in [6, 6.07) is 22.3. The maximum atomic E-state index is 12.3. The smallest absolute Gasteiger partial charge is 0.349 e. The van der Waals surface area contributed by atoms with E-state index in [0.717, 1.165) is 21.2 Å². The van der Waals surface area contributed by atoms with Gasteiger partial charge in [0.05, 0.1) is 23.2 Å². The second kappa shape index (κ2) is 10.5. The topological polar surface area (TPSA) is 68.5 Å². The maximum absolute atomic E-state index is 12.3. The number of hydrogen-bond donors (Lipinski definition) is 0. The number of aryl methyl sites for hydroxylation is 1. The number of ether oxygens (including phenoxy) is 3. The molecule has 0 aromatic heterocycles. The van der Waals surface area contributed by atoms with Crippen molar-refractivity contribution in [2.24, 2.45) is 0 Å². The molecule has 0 aliphatic carbocycles. The second-order valence-electron chi connectivity index (χ2n) is 6.64. The summed E-state index contributed by atoms with van der Waals surface area (Å²) in [4.78, 5) is 12.3. The molecule has 0 fully saturated rings. The Bertz CT molecular complexity index is 1150. The molecule has 31 heavy (non-hydrogen) atoms. The molecule has 5 nitrogen and oxygen atoms in total. The Hall–Kier alpha value is -3.56. The minimum Gasteiger partial charge on any atom is -0.493 e. The zero-order valence-corrected chi connectivity index (χ0v) is 18.7. The lowest BCUT2D eigenvalue weighted by Crippen LogP contribution is -2.18. The molecule has 3 aromatic carbocycles. The Morgan fingerprint density at radius 3 is 2.45 bits per heavy atom. The van der Waals surface area contributed by atoms with E-state index in [1.807, 2.05) is 49.4 Å². The number of benzene rings is 3. The van der Waals surface area contributed by atoms with E-state index in [0.29, 0.717) is 17.1 Å². The van der Waals surface area contributed by atoms with E-state index in [1.165, 1.54) is 7.11 Å². The molecular formula is C25H20BrNO4. The SMILES string of the molecule is COc1cc(/C=C(\C#N)c2ccccc2)ccc1OC(=O)COc1ccc(C)cc1Br. The quantitative estimate of drug-likeness (QED) is 0.185. The molecule has 3 aromatic rings.